The minimum absolute atomic E-state index is 0.0530. The van der Waals surface area contributed by atoms with Crippen molar-refractivity contribution in [1.82, 2.24) is 0 Å². The number of benzene rings is 1. The Morgan fingerprint density at radius 3 is 2.35 bits per heavy atom. The highest BCUT2D eigenvalue weighted by Gasteiger charge is 2.23. The van der Waals surface area contributed by atoms with Crippen LogP contribution in [0, 0.1) is 0 Å². The number of aliphatic hydroxyl groups excluding tert-OH is 1. The molecule has 96 valence electrons. The molecule has 1 N–H and O–H groups in total. The molecule has 1 aromatic carbocycles. The lowest BCUT2D eigenvalue weighted by molar-refractivity contribution is 0.218. The van der Waals surface area contributed by atoms with Gasteiger partial charge in [0.2, 0.25) is 0 Å². The van der Waals surface area contributed by atoms with Gasteiger partial charge in [-0.15, -0.1) is 0 Å². The summed E-state index contributed by atoms with van der Waals surface area (Å²) in [5.41, 5.74) is 0.285. The van der Waals surface area contributed by atoms with Crippen molar-refractivity contribution in [3.8, 4) is 5.75 Å². The molecule has 5 heteroatoms. The van der Waals surface area contributed by atoms with Crippen molar-refractivity contribution in [1.29, 1.82) is 0 Å². The minimum atomic E-state index is -3.34. The monoisotopic (exact) mass is 258 g/mol. The van der Waals surface area contributed by atoms with E-state index in [-0.39, 0.29) is 11.5 Å². The Labute approximate surface area is 102 Å². The van der Waals surface area contributed by atoms with Crippen LogP contribution < -0.4 is 4.74 Å². The Bertz CT molecular complexity index is 503. The fourth-order valence-corrected chi connectivity index (χ4v) is 2.34. The van der Waals surface area contributed by atoms with E-state index in [9.17, 15) is 13.5 Å². The summed E-state index contributed by atoms with van der Waals surface area (Å²) >= 11 is 0. The Kier molecular flexibility index (Phi) is 3.84. The lowest BCUT2D eigenvalue weighted by Crippen LogP contribution is -2.22. The summed E-state index contributed by atoms with van der Waals surface area (Å²) in [5, 5.41) is 9.29. The molecule has 0 radical (unpaired) electrons. The first-order chi connectivity index (χ1) is 7.72. The maximum atomic E-state index is 11.6. The lowest BCUT2D eigenvalue weighted by atomic mass is 9.86. The van der Waals surface area contributed by atoms with E-state index >= 15 is 0 Å². The zero-order valence-electron chi connectivity index (χ0n) is 10.5. The summed E-state index contributed by atoms with van der Waals surface area (Å²) in [6.45, 7) is 3.64. The third kappa shape index (κ3) is 2.98. The molecule has 17 heavy (non-hydrogen) atoms. The number of rotatable bonds is 4. The van der Waals surface area contributed by atoms with Gasteiger partial charge in [-0.25, -0.2) is 8.42 Å². The van der Waals surface area contributed by atoms with Crippen LogP contribution >= 0.6 is 0 Å². The highest BCUT2D eigenvalue weighted by atomic mass is 32.2. The molecule has 0 aliphatic rings. The first-order valence-electron chi connectivity index (χ1n) is 5.22. The summed E-state index contributed by atoms with van der Waals surface area (Å²) in [6.07, 6.45) is 1.14. The number of hydrogen-bond acceptors (Lipinski definition) is 4. The van der Waals surface area contributed by atoms with Gasteiger partial charge in [-0.05, 0) is 17.7 Å². The van der Waals surface area contributed by atoms with Crippen LogP contribution in [0.5, 0.6) is 5.75 Å². The van der Waals surface area contributed by atoms with E-state index in [2.05, 4.69) is 0 Å². The first-order valence-corrected chi connectivity index (χ1v) is 7.11. The molecular formula is C12H18O4S. The molecule has 1 aromatic rings. The normalized spacial score (nSPS) is 12.5. The molecule has 0 bridgehead atoms. The van der Waals surface area contributed by atoms with E-state index in [1.807, 2.05) is 13.8 Å². The van der Waals surface area contributed by atoms with Crippen LogP contribution in [-0.2, 0) is 15.3 Å². The molecule has 0 spiro atoms. The molecule has 0 amide bonds. The van der Waals surface area contributed by atoms with Crippen molar-refractivity contribution in [3.63, 3.8) is 0 Å². The van der Waals surface area contributed by atoms with Gasteiger partial charge in [0.1, 0.15) is 10.6 Å². The standard InChI is InChI=1S/C12H18O4S/c1-12(2,8-13)9-5-6-10(16-3)11(7-9)17(4,14)15/h5-7,13H,8H2,1-4H3. The summed E-state index contributed by atoms with van der Waals surface area (Å²) in [7, 11) is -1.91. The highest BCUT2D eigenvalue weighted by molar-refractivity contribution is 7.90. The van der Waals surface area contributed by atoms with Crippen LogP contribution in [0.15, 0.2) is 23.1 Å². The van der Waals surface area contributed by atoms with Gasteiger partial charge in [0.15, 0.2) is 9.84 Å². The van der Waals surface area contributed by atoms with E-state index in [1.165, 1.54) is 7.11 Å². The molecule has 1 rings (SSSR count). The van der Waals surface area contributed by atoms with E-state index in [1.54, 1.807) is 18.2 Å². The molecule has 0 heterocycles. The van der Waals surface area contributed by atoms with Gasteiger partial charge < -0.3 is 9.84 Å². The summed E-state index contributed by atoms with van der Waals surface area (Å²) in [4.78, 5) is 0.152. The van der Waals surface area contributed by atoms with Crippen LogP contribution in [-0.4, -0.2) is 33.5 Å². The van der Waals surface area contributed by atoms with Crippen LogP contribution in [0.3, 0.4) is 0 Å². The second-order valence-electron chi connectivity index (χ2n) is 4.68. The highest BCUT2D eigenvalue weighted by Crippen LogP contribution is 2.30. The Balaban J connectivity index is 3.43. The van der Waals surface area contributed by atoms with Crippen molar-refractivity contribution in [2.75, 3.05) is 20.0 Å². The van der Waals surface area contributed by atoms with Crippen molar-refractivity contribution in [2.45, 2.75) is 24.2 Å². The molecule has 0 aliphatic heterocycles. The van der Waals surface area contributed by atoms with Crippen molar-refractivity contribution in [3.05, 3.63) is 23.8 Å². The number of methoxy groups -OCH3 is 1. The van der Waals surface area contributed by atoms with Crippen LogP contribution in [0.4, 0.5) is 0 Å². The maximum Gasteiger partial charge on any atom is 0.179 e. The zero-order valence-corrected chi connectivity index (χ0v) is 11.3. The second kappa shape index (κ2) is 4.66. The topological polar surface area (TPSA) is 63.6 Å². The van der Waals surface area contributed by atoms with E-state index in [4.69, 9.17) is 4.74 Å². The Morgan fingerprint density at radius 2 is 1.94 bits per heavy atom. The fraction of sp³-hybridized carbons (Fsp3) is 0.500. The molecule has 0 atom stereocenters. The molecule has 0 saturated carbocycles. The number of sulfone groups is 1. The van der Waals surface area contributed by atoms with E-state index in [0.717, 1.165) is 11.8 Å². The molecule has 0 unspecified atom stereocenters. The molecular weight excluding hydrogens is 240 g/mol. The number of aliphatic hydroxyl groups is 1. The van der Waals surface area contributed by atoms with Gasteiger partial charge in [0.05, 0.1) is 13.7 Å². The second-order valence-corrected chi connectivity index (χ2v) is 6.66. The predicted octanol–water partition coefficient (Wildman–Crippen LogP) is 1.37. The number of ether oxygens (including phenoxy) is 1. The smallest absolute Gasteiger partial charge is 0.179 e. The van der Waals surface area contributed by atoms with Crippen molar-refractivity contribution >= 4 is 9.84 Å². The third-order valence-corrected chi connectivity index (χ3v) is 3.86. The molecule has 0 aromatic heterocycles. The molecule has 0 fully saturated rings. The molecule has 0 saturated heterocycles. The molecule has 0 aliphatic carbocycles. The van der Waals surface area contributed by atoms with Crippen LogP contribution in [0.1, 0.15) is 19.4 Å². The van der Waals surface area contributed by atoms with Gasteiger partial charge in [0, 0.05) is 11.7 Å². The van der Waals surface area contributed by atoms with Crippen molar-refractivity contribution in [2.24, 2.45) is 0 Å². The lowest BCUT2D eigenvalue weighted by Gasteiger charge is -2.23. The van der Waals surface area contributed by atoms with Crippen LogP contribution in [0.2, 0.25) is 0 Å². The van der Waals surface area contributed by atoms with Gasteiger partial charge in [-0.1, -0.05) is 19.9 Å². The molecule has 4 nitrogen and oxygen atoms in total. The van der Waals surface area contributed by atoms with Gasteiger partial charge >= 0.3 is 0 Å². The number of hydrogen-bond donors (Lipinski definition) is 1. The van der Waals surface area contributed by atoms with Crippen molar-refractivity contribution < 1.29 is 18.3 Å². The Hall–Kier alpha value is -1.07. The predicted molar refractivity (Wildman–Crippen MR) is 66.2 cm³/mol. The summed E-state index contributed by atoms with van der Waals surface area (Å²) < 4.78 is 28.3. The Morgan fingerprint density at radius 1 is 1.35 bits per heavy atom. The third-order valence-electron chi connectivity index (χ3n) is 2.74. The van der Waals surface area contributed by atoms with Gasteiger partial charge in [0.25, 0.3) is 0 Å². The summed E-state index contributed by atoms with van der Waals surface area (Å²) in [6, 6.07) is 4.94. The quantitative estimate of drug-likeness (QED) is 0.886. The SMILES string of the molecule is COc1ccc(C(C)(C)CO)cc1S(C)(=O)=O. The largest absolute Gasteiger partial charge is 0.495 e. The van der Waals surface area contributed by atoms with Gasteiger partial charge in [-0.3, -0.25) is 0 Å². The first kappa shape index (κ1) is 14.0. The van der Waals surface area contributed by atoms with E-state index in [0.29, 0.717) is 5.75 Å². The zero-order chi connectivity index (χ0) is 13.3. The maximum absolute atomic E-state index is 11.6. The average Bonchev–Trinajstić information content (AvgIpc) is 2.27. The van der Waals surface area contributed by atoms with E-state index < -0.39 is 15.3 Å². The average molecular weight is 258 g/mol. The van der Waals surface area contributed by atoms with Gasteiger partial charge in [-0.2, -0.15) is 0 Å². The fourth-order valence-electron chi connectivity index (χ4n) is 1.48. The summed E-state index contributed by atoms with van der Waals surface area (Å²) in [5.74, 6) is 0.324. The van der Waals surface area contributed by atoms with Crippen LogP contribution in [0.25, 0.3) is 0 Å². The minimum Gasteiger partial charge on any atom is -0.495 e.